The second-order valence-electron chi connectivity index (χ2n) is 5.01. The molecule has 1 aromatic carbocycles. The summed E-state index contributed by atoms with van der Waals surface area (Å²) >= 11 is 0. The molecule has 0 unspecified atom stereocenters. The first-order valence-corrected chi connectivity index (χ1v) is 7.91. The Morgan fingerprint density at radius 1 is 1.14 bits per heavy atom. The molecule has 0 atom stereocenters. The molecule has 124 valence electrons. The fraction of sp³-hybridized carbons (Fsp3) is 0.588. The van der Waals surface area contributed by atoms with Gasteiger partial charge in [-0.3, -0.25) is 0 Å². The maximum absolute atomic E-state index is 5.44. The van der Waals surface area contributed by atoms with Crippen LogP contribution in [0.2, 0.25) is 0 Å². The van der Waals surface area contributed by atoms with E-state index in [-0.39, 0.29) is 0 Å². The molecule has 0 fully saturated rings. The number of guanidine groups is 1. The normalized spacial score (nSPS) is 11.5. The molecule has 0 aliphatic heterocycles. The second-order valence-corrected chi connectivity index (χ2v) is 5.01. The molecule has 0 saturated heterocycles. The molecule has 0 aliphatic carbocycles. The van der Waals surface area contributed by atoms with Crippen LogP contribution in [-0.4, -0.2) is 46.0 Å². The van der Waals surface area contributed by atoms with E-state index in [2.05, 4.69) is 53.7 Å². The van der Waals surface area contributed by atoms with Gasteiger partial charge in [0.1, 0.15) is 0 Å². The van der Waals surface area contributed by atoms with Gasteiger partial charge in [-0.2, -0.15) is 0 Å². The number of methoxy groups -OCH3 is 1. The van der Waals surface area contributed by atoms with Crippen LogP contribution in [0.25, 0.3) is 0 Å². The third kappa shape index (κ3) is 8.00. The van der Waals surface area contributed by atoms with E-state index < -0.39 is 0 Å². The van der Waals surface area contributed by atoms with Crippen molar-refractivity contribution in [1.82, 2.24) is 10.6 Å². The zero-order chi connectivity index (χ0) is 16.0. The second kappa shape index (κ2) is 12.0. The summed E-state index contributed by atoms with van der Waals surface area (Å²) in [6.07, 6.45) is 0.943. The van der Waals surface area contributed by atoms with Crippen molar-refractivity contribution in [2.24, 2.45) is 4.99 Å². The van der Waals surface area contributed by atoms with Gasteiger partial charge in [0.15, 0.2) is 5.96 Å². The molecular weight excluding hydrogens is 278 g/mol. The fourth-order valence-electron chi connectivity index (χ4n) is 1.92. The SMILES string of the molecule is CCNC(=NCc1ccccc1C)NCCCOCCOC. The molecule has 5 nitrogen and oxygen atoms in total. The van der Waals surface area contributed by atoms with Gasteiger partial charge in [0.25, 0.3) is 0 Å². The number of hydrogen-bond acceptors (Lipinski definition) is 3. The quantitative estimate of drug-likeness (QED) is 0.395. The van der Waals surface area contributed by atoms with E-state index in [1.165, 1.54) is 11.1 Å². The van der Waals surface area contributed by atoms with Crippen LogP contribution in [0, 0.1) is 6.92 Å². The lowest BCUT2D eigenvalue weighted by atomic mass is 10.1. The van der Waals surface area contributed by atoms with Crippen LogP contribution in [0.1, 0.15) is 24.5 Å². The van der Waals surface area contributed by atoms with Crippen LogP contribution in [-0.2, 0) is 16.0 Å². The Morgan fingerprint density at radius 3 is 2.68 bits per heavy atom. The summed E-state index contributed by atoms with van der Waals surface area (Å²) < 4.78 is 10.4. The molecule has 2 N–H and O–H groups in total. The Balaban J connectivity index is 2.32. The summed E-state index contributed by atoms with van der Waals surface area (Å²) in [6, 6.07) is 8.33. The van der Waals surface area contributed by atoms with Gasteiger partial charge in [0.2, 0.25) is 0 Å². The van der Waals surface area contributed by atoms with Gasteiger partial charge in [0.05, 0.1) is 19.8 Å². The summed E-state index contributed by atoms with van der Waals surface area (Å²) in [4.78, 5) is 4.63. The summed E-state index contributed by atoms with van der Waals surface area (Å²) in [5.41, 5.74) is 2.52. The number of ether oxygens (including phenoxy) is 2. The molecule has 0 aliphatic rings. The lowest BCUT2D eigenvalue weighted by Gasteiger charge is -2.12. The predicted octanol–water partition coefficient (Wildman–Crippen LogP) is 2.10. The first-order chi connectivity index (χ1) is 10.8. The predicted molar refractivity (Wildman–Crippen MR) is 91.3 cm³/mol. The number of aryl methyl sites for hydroxylation is 1. The first-order valence-electron chi connectivity index (χ1n) is 7.91. The number of hydrogen-bond donors (Lipinski definition) is 2. The lowest BCUT2D eigenvalue weighted by Crippen LogP contribution is -2.38. The van der Waals surface area contributed by atoms with Crippen LogP contribution < -0.4 is 10.6 Å². The number of benzene rings is 1. The minimum atomic E-state index is 0.647. The van der Waals surface area contributed by atoms with E-state index >= 15 is 0 Å². The molecule has 22 heavy (non-hydrogen) atoms. The summed E-state index contributed by atoms with van der Waals surface area (Å²) in [5.74, 6) is 0.850. The molecule has 1 aromatic rings. The van der Waals surface area contributed by atoms with Gasteiger partial charge in [0, 0.05) is 26.8 Å². The molecule has 0 radical (unpaired) electrons. The van der Waals surface area contributed by atoms with Crippen molar-refractivity contribution in [1.29, 1.82) is 0 Å². The molecule has 0 bridgehead atoms. The molecule has 0 saturated carbocycles. The van der Waals surface area contributed by atoms with Crippen molar-refractivity contribution in [3.63, 3.8) is 0 Å². The molecule has 5 heteroatoms. The lowest BCUT2D eigenvalue weighted by molar-refractivity contribution is 0.0698. The number of rotatable bonds is 10. The van der Waals surface area contributed by atoms with E-state index in [1.807, 2.05) is 0 Å². The summed E-state index contributed by atoms with van der Waals surface area (Å²) in [7, 11) is 1.68. The van der Waals surface area contributed by atoms with E-state index in [0.29, 0.717) is 19.8 Å². The van der Waals surface area contributed by atoms with Crippen molar-refractivity contribution in [2.75, 3.05) is 40.0 Å². The van der Waals surface area contributed by atoms with E-state index in [4.69, 9.17) is 9.47 Å². The van der Waals surface area contributed by atoms with Crippen molar-refractivity contribution < 1.29 is 9.47 Å². The first kappa shape index (κ1) is 18.5. The molecule has 0 heterocycles. The number of nitrogens with one attached hydrogen (secondary N) is 2. The van der Waals surface area contributed by atoms with E-state index in [9.17, 15) is 0 Å². The third-order valence-electron chi connectivity index (χ3n) is 3.20. The highest BCUT2D eigenvalue weighted by Crippen LogP contribution is 2.07. The summed E-state index contributed by atoms with van der Waals surface area (Å²) in [6.45, 7) is 8.59. The molecule has 0 aromatic heterocycles. The fourth-order valence-corrected chi connectivity index (χ4v) is 1.92. The van der Waals surface area contributed by atoms with E-state index in [1.54, 1.807) is 7.11 Å². The average Bonchev–Trinajstić information content (AvgIpc) is 2.53. The number of nitrogens with zero attached hydrogens (tertiary/aromatic N) is 1. The van der Waals surface area contributed by atoms with Gasteiger partial charge in [-0.15, -0.1) is 0 Å². The standard InChI is InChI=1S/C17H29N3O2/c1-4-18-17(19-10-7-11-22-13-12-21-3)20-14-16-9-6-5-8-15(16)2/h5-6,8-9H,4,7,10-14H2,1-3H3,(H2,18,19,20). The van der Waals surface area contributed by atoms with Gasteiger partial charge in [-0.05, 0) is 31.4 Å². The Hall–Kier alpha value is -1.59. The van der Waals surface area contributed by atoms with Crippen molar-refractivity contribution >= 4 is 5.96 Å². The zero-order valence-corrected chi connectivity index (χ0v) is 14.0. The molecular formula is C17H29N3O2. The molecule has 1 rings (SSSR count). The molecule has 0 spiro atoms. The van der Waals surface area contributed by atoms with Crippen LogP contribution >= 0.6 is 0 Å². The van der Waals surface area contributed by atoms with Gasteiger partial charge >= 0.3 is 0 Å². The van der Waals surface area contributed by atoms with Crippen molar-refractivity contribution in [3.8, 4) is 0 Å². The van der Waals surface area contributed by atoms with Crippen LogP contribution in [0.5, 0.6) is 0 Å². The third-order valence-corrected chi connectivity index (χ3v) is 3.20. The maximum Gasteiger partial charge on any atom is 0.191 e. The smallest absolute Gasteiger partial charge is 0.191 e. The van der Waals surface area contributed by atoms with Gasteiger partial charge in [-0.1, -0.05) is 24.3 Å². The number of aliphatic imine (C=N–C) groups is 1. The van der Waals surface area contributed by atoms with Crippen LogP contribution in [0.4, 0.5) is 0 Å². The molecule has 0 amide bonds. The van der Waals surface area contributed by atoms with Crippen LogP contribution in [0.3, 0.4) is 0 Å². The Morgan fingerprint density at radius 2 is 1.95 bits per heavy atom. The minimum Gasteiger partial charge on any atom is -0.382 e. The van der Waals surface area contributed by atoms with Gasteiger partial charge < -0.3 is 20.1 Å². The monoisotopic (exact) mass is 307 g/mol. The maximum atomic E-state index is 5.44. The summed E-state index contributed by atoms with van der Waals surface area (Å²) in [5, 5.41) is 6.59. The van der Waals surface area contributed by atoms with Crippen molar-refractivity contribution in [3.05, 3.63) is 35.4 Å². The Bertz CT molecular complexity index is 436. The topological polar surface area (TPSA) is 54.9 Å². The van der Waals surface area contributed by atoms with Gasteiger partial charge in [-0.25, -0.2) is 4.99 Å². The highest BCUT2D eigenvalue weighted by Gasteiger charge is 1.99. The highest BCUT2D eigenvalue weighted by molar-refractivity contribution is 5.79. The van der Waals surface area contributed by atoms with E-state index in [0.717, 1.165) is 32.1 Å². The average molecular weight is 307 g/mol. The highest BCUT2D eigenvalue weighted by atomic mass is 16.5. The Labute approximate surface area is 134 Å². The Kier molecular flexibility index (Phi) is 10.1. The van der Waals surface area contributed by atoms with Crippen LogP contribution in [0.15, 0.2) is 29.3 Å². The largest absolute Gasteiger partial charge is 0.382 e. The van der Waals surface area contributed by atoms with Crippen molar-refractivity contribution in [2.45, 2.75) is 26.8 Å². The zero-order valence-electron chi connectivity index (χ0n) is 14.0. The minimum absolute atomic E-state index is 0.647.